The second kappa shape index (κ2) is 23.8. The zero-order chi connectivity index (χ0) is 44.3. The molecule has 326 valence electrons. The molecule has 0 aliphatic carbocycles. The number of ether oxygens (including phenoxy) is 3. The summed E-state index contributed by atoms with van der Waals surface area (Å²) in [6.07, 6.45) is 7.33. The number of carbonyl (C=O) groups is 4. The van der Waals surface area contributed by atoms with Crippen LogP contribution in [0.2, 0.25) is 0 Å². The van der Waals surface area contributed by atoms with Crippen molar-refractivity contribution in [2.24, 2.45) is 0 Å². The number of unbranched alkanes of at least 4 members (excludes halogenated alkanes) is 1. The third-order valence-corrected chi connectivity index (χ3v) is 10.3. The first-order chi connectivity index (χ1) is 30.2. The first kappa shape index (κ1) is 46.2. The Labute approximate surface area is 362 Å². The Morgan fingerprint density at radius 2 is 1.44 bits per heavy atom. The third kappa shape index (κ3) is 12.6. The van der Waals surface area contributed by atoms with Crippen molar-refractivity contribution in [3.8, 4) is 33.6 Å². The van der Waals surface area contributed by atoms with Gasteiger partial charge in [-0.15, -0.1) is 0 Å². The lowest BCUT2D eigenvalue weighted by atomic mass is 9.98. The number of rotatable bonds is 15. The van der Waals surface area contributed by atoms with E-state index in [0.29, 0.717) is 19.6 Å². The van der Waals surface area contributed by atoms with E-state index in [1.165, 1.54) is 14.2 Å². The molecule has 3 amide bonds. The van der Waals surface area contributed by atoms with Gasteiger partial charge < -0.3 is 45.0 Å². The number of nitrogens with zero attached hydrogens (tertiary/aromatic N) is 3. The van der Waals surface area contributed by atoms with Crippen LogP contribution < -0.4 is 16.0 Å². The van der Waals surface area contributed by atoms with Crippen LogP contribution in [0.25, 0.3) is 44.4 Å². The number of hydrogen-bond acceptors (Lipinski definition) is 10. The average Bonchev–Trinajstić information content (AvgIpc) is 4.11. The second-order valence-electron chi connectivity index (χ2n) is 14.5. The molecule has 4 aromatic carbocycles. The molecule has 1 saturated heterocycles. The Bertz CT molecular complexity index is 2350. The minimum Gasteiger partial charge on any atom is -0.471 e. The van der Waals surface area contributed by atoms with E-state index in [-0.39, 0.29) is 24.4 Å². The van der Waals surface area contributed by atoms with Gasteiger partial charge in [-0.05, 0) is 77.9 Å². The monoisotopic (exact) mass is 844 g/mol. The quantitative estimate of drug-likeness (QED) is 0.0545. The predicted octanol–water partition coefficient (Wildman–Crippen LogP) is 6.76. The van der Waals surface area contributed by atoms with E-state index in [0.717, 1.165) is 93.7 Å². The second-order valence-corrected chi connectivity index (χ2v) is 14.5. The Kier molecular flexibility index (Phi) is 17.8. The molecule has 62 heavy (non-hydrogen) atoms. The maximum Gasteiger partial charge on any atom is 0.407 e. The fourth-order valence-corrected chi connectivity index (χ4v) is 7.22. The van der Waals surface area contributed by atoms with Gasteiger partial charge in [-0.1, -0.05) is 78.9 Å². The molecule has 0 saturated carbocycles. The molecule has 2 aromatic heterocycles. The third-order valence-electron chi connectivity index (χ3n) is 10.3. The van der Waals surface area contributed by atoms with Crippen LogP contribution in [0, 0.1) is 0 Å². The largest absolute Gasteiger partial charge is 0.471 e. The lowest BCUT2D eigenvalue weighted by Gasteiger charge is -2.28. The number of hydrogen-bond donors (Lipinski definition) is 5. The Morgan fingerprint density at radius 3 is 2.11 bits per heavy atom. The molecule has 1 unspecified atom stereocenters. The summed E-state index contributed by atoms with van der Waals surface area (Å²) in [6.45, 7) is 1.50. The predicted molar refractivity (Wildman–Crippen MR) is 239 cm³/mol. The Morgan fingerprint density at radius 1 is 0.806 bits per heavy atom. The fraction of sp³-hybridized carbons (Fsp3) is 0.319. The zero-order valence-electron chi connectivity index (χ0n) is 35.9. The van der Waals surface area contributed by atoms with Gasteiger partial charge in [0.25, 0.3) is 6.47 Å². The van der Waals surface area contributed by atoms with Gasteiger partial charge in [-0.3, -0.25) is 14.4 Å². The summed E-state index contributed by atoms with van der Waals surface area (Å²) in [5.74, 6) is 1.53. The van der Waals surface area contributed by atoms with Crippen molar-refractivity contribution in [3.63, 3.8) is 0 Å². The number of likely N-dealkylation sites (N-methyl/N-ethyl adjacent to an activating group) is 1. The maximum absolute atomic E-state index is 13.7. The van der Waals surface area contributed by atoms with Crippen molar-refractivity contribution in [2.75, 3.05) is 55.1 Å². The normalized spacial score (nSPS) is 13.5. The van der Waals surface area contributed by atoms with Crippen LogP contribution in [0.1, 0.15) is 55.0 Å². The first-order valence-electron chi connectivity index (χ1n) is 20.4. The molecule has 2 atom stereocenters. The van der Waals surface area contributed by atoms with Gasteiger partial charge in [0, 0.05) is 39.3 Å². The summed E-state index contributed by atoms with van der Waals surface area (Å²) < 4.78 is 12.6. The van der Waals surface area contributed by atoms with Crippen molar-refractivity contribution >= 4 is 35.2 Å². The Balaban J connectivity index is 0.000000968. The SMILES string of the molecule is CN[C@@H](C(=O)N1CCCC1c1ncc(-c2ccc(-c3ccc4cc(-c5cnc(CCCCNC(=O)CNC(=O)OC)[nH]5)ccc4c3)cc2)[nH]1)c1ccccc1.COC.COC=O. The van der Waals surface area contributed by atoms with E-state index in [1.54, 1.807) is 14.2 Å². The Hall–Kier alpha value is -6.84. The highest BCUT2D eigenvalue weighted by molar-refractivity contribution is 5.90. The molecule has 0 spiro atoms. The van der Waals surface area contributed by atoms with Crippen LogP contribution in [0.15, 0.2) is 103 Å². The zero-order valence-corrected chi connectivity index (χ0v) is 35.9. The van der Waals surface area contributed by atoms with Crippen LogP contribution in [0.3, 0.4) is 0 Å². The molecule has 1 aliphatic rings. The van der Waals surface area contributed by atoms with E-state index in [4.69, 9.17) is 9.78 Å². The molecular weight excluding hydrogens is 789 g/mol. The van der Waals surface area contributed by atoms with E-state index in [2.05, 4.69) is 106 Å². The lowest BCUT2D eigenvalue weighted by molar-refractivity contribution is -0.134. The number of aromatic nitrogens is 4. The van der Waals surface area contributed by atoms with Gasteiger partial charge in [-0.2, -0.15) is 0 Å². The molecule has 15 nitrogen and oxygen atoms in total. The number of alkyl carbamates (subject to hydrolysis) is 1. The number of fused-ring (bicyclic) bond motifs is 1. The molecule has 6 aromatic rings. The molecule has 1 aliphatic heterocycles. The highest BCUT2D eigenvalue weighted by atomic mass is 16.5. The molecule has 1 fully saturated rings. The minimum atomic E-state index is -0.630. The maximum atomic E-state index is 13.7. The number of carbonyl (C=O) groups excluding carboxylic acids is 4. The number of methoxy groups -OCH3 is 3. The fourth-order valence-electron chi connectivity index (χ4n) is 7.22. The number of likely N-dealkylation sites (tertiary alicyclic amines) is 1. The highest BCUT2D eigenvalue weighted by Crippen LogP contribution is 2.35. The van der Waals surface area contributed by atoms with Gasteiger partial charge in [-0.25, -0.2) is 14.8 Å². The lowest BCUT2D eigenvalue weighted by Crippen LogP contribution is -2.39. The number of nitrogens with one attached hydrogen (secondary N) is 5. The molecule has 5 N–H and O–H groups in total. The van der Waals surface area contributed by atoms with E-state index in [1.807, 2.05) is 54.7 Å². The molecule has 0 radical (unpaired) electrons. The van der Waals surface area contributed by atoms with Crippen molar-refractivity contribution < 1.29 is 33.4 Å². The van der Waals surface area contributed by atoms with Crippen molar-refractivity contribution in [1.29, 1.82) is 0 Å². The number of aromatic amines is 2. The number of amides is 3. The number of H-pyrrole nitrogens is 2. The number of benzene rings is 4. The summed E-state index contributed by atoms with van der Waals surface area (Å²) in [7, 11) is 7.65. The van der Waals surface area contributed by atoms with Crippen LogP contribution >= 0.6 is 0 Å². The topological polar surface area (TPSA) is 193 Å². The molecular formula is C47H56N8O7. The summed E-state index contributed by atoms with van der Waals surface area (Å²) in [4.78, 5) is 63.7. The van der Waals surface area contributed by atoms with Crippen LogP contribution in [-0.4, -0.2) is 104 Å². The van der Waals surface area contributed by atoms with Gasteiger partial charge in [0.05, 0.1) is 50.6 Å². The molecule has 15 heteroatoms. The number of imidazole rings is 2. The first-order valence-corrected chi connectivity index (χ1v) is 20.4. The van der Waals surface area contributed by atoms with Gasteiger partial charge in [0.15, 0.2) is 0 Å². The van der Waals surface area contributed by atoms with Gasteiger partial charge >= 0.3 is 6.09 Å². The molecule has 0 bridgehead atoms. The standard InChI is InChI=1S/C43H46N8O4.C2H4O2.C2H6O/c1-44-40(30-9-4-3-5-10-30)42(53)51-22-8-11-37(51)41-47-26-35(50-41)29-15-13-28(14-16-29)31-17-18-33-24-34(20-19-32(33)23-31)36-25-46-38(49-36)12-6-7-21-45-39(52)27-48-43(54)55-2;1-4-2-3;1-3-2/h3-5,9-10,13-20,23-26,37,40,44H,6-8,11-12,21-22,27H2,1-2H3,(H,45,52)(H,46,49)(H,47,50)(H,48,54);2H,1H3;1-2H3/t37?,40-;;/m1../s1. The number of aryl methyl sites for hydroxylation is 1. The summed E-state index contributed by atoms with van der Waals surface area (Å²) >= 11 is 0. The summed E-state index contributed by atoms with van der Waals surface area (Å²) in [5.41, 5.74) is 7.21. The average molecular weight is 845 g/mol. The van der Waals surface area contributed by atoms with E-state index < -0.39 is 12.1 Å². The van der Waals surface area contributed by atoms with Crippen LogP contribution in [0.4, 0.5) is 4.79 Å². The van der Waals surface area contributed by atoms with Crippen LogP contribution in [0.5, 0.6) is 0 Å². The van der Waals surface area contributed by atoms with E-state index >= 15 is 0 Å². The molecule has 7 rings (SSSR count). The van der Waals surface area contributed by atoms with Crippen LogP contribution in [-0.2, 0) is 35.0 Å². The van der Waals surface area contributed by atoms with Crippen molar-refractivity contribution in [1.82, 2.24) is 40.8 Å². The van der Waals surface area contributed by atoms with Gasteiger partial charge in [0.1, 0.15) is 17.7 Å². The smallest absolute Gasteiger partial charge is 0.407 e. The molecule has 3 heterocycles. The minimum absolute atomic E-state index is 0.0679. The van der Waals surface area contributed by atoms with Gasteiger partial charge in [0.2, 0.25) is 11.8 Å². The summed E-state index contributed by atoms with van der Waals surface area (Å²) in [6, 6.07) is 30.8. The summed E-state index contributed by atoms with van der Waals surface area (Å²) in [5, 5.41) is 10.6. The van der Waals surface area contributed by atoms with Crippen molar-refractivity contribution in [2.45, 2.75) is 44.2 Å². The van der Waals surface area contributed by atoms with E-state index in [9.17, 15) is 14.4 Å². The van der Waals surface area contributed by atoms with Crippen molar-refractivity contribution in [3.05, 3.63) is 121 Å². The highest BCUT2D eigenvalue weighted by Gasteiger charge is 2.35.